The van der Waals surface area contributed by atoms with Crippen LogP contribution in [0.25, 0.3) is 10.8 Å². The molecule has 0 aliphatic heterocycles. The summed E-state index contributed by atoms with van der Waals surface area (Å²) in [6, 6.07) is 12.3. The van der Waals surface area contributed by atoms with Crippen molar-refractivity contribution < 1.29 is 222 Å². The molecule has 0 saturated carbocycles. The molecule has 0 fully saturated rings. The zero-order valence-electron chi connectivity index (χ0n) is 34.0. The van der Waals surface area contributed by atoms with Crippen molar-refractivity contribution in [3.05, 3.63) is 88.5 Å². The normalized spacial score (nSPS) is 11.6. The standard InChI is InChI=1S/C29H21N8O15S4.5Na.O3S/c1-14-10-15(6-8-18(14)32-34-20-4-2-3-5-23(20)54(44,45)46)31-35-21-13-24(55(47,48)49)17-12-25(56(50,51)52)28(29(38)26(17)27(21)30)36-33-19-9-7-16(53(41,42)43)11-22(19)37(39)40;;;;;;1-4(2)3/h2,4-13,38H,30H2,1H3,(H,41,42,43)(H,44,45,46)(H,47,48,49)(H,50,51,52);;;;;;/q-1;5*+1;/p-4. The summed E-state index contributed by atoms with van der Waals surface area (Å²) in [5, 5.41) is 43.4. The van der Waals surface area contributed by atoms with Gasteiger partial charge in [0.05, 0.1) is 52.2 Å². The monoisotopic (exact) mass is 1040 g/mol. The average molecular weight is 1040 g/mol. The molecule has 5 aromatic rings. The number of phenolic OH excluding ortho intramolecular Hbond substituents is 1. The molecule has 36 heteroatoms. The number of anilines is 1. The van der Waals surface area contributed by atoms with Crippen molar-refractivity contribution >= 4 is 107 Å². The van der Waals surface area contributed by atoms with E-state index in [1.54, 1.807) is 0 Å². The average Bonchev–Trinajstić information content (AvgIpc) is 3.11. The van der Waals surface area contributed by atoms with Gasteiger partial charge in [0, 0.05) is 11.5 Å². The Balaban J connectivity index is 0. The number of benzene rings is 5. The smallest absolute Gasteiger partial charge is 0.754 e. The van der Waals surface area contributed by atoms with E-state index in [4.69, 9.17) is 18.4 Å². The molecule has 0 spiro atoms. The van der Waals surface area contributed by atoms with Crippen molar-refractivity contribution in [1.29, 1.82) is 0 Å². The molecule has 0 unspecified atom stereocenters. The Kier molecular flexibility index (Phi) is 26.6. The fourth-order valence-electron chi connectivity index (χ4n) is 4.80. The van der Waals surface area contributed by atoms with Crippen LogP contribution >= 0.6 is 0 Å². The summed E-state index contributed by atoms with van der Waals surface area (Å²) in [6.45, 7) is 1.52. The maximum Gasteiger partial charge on any atom is 1.00 e. The third-order valence-electron chi connectivity index (χ3n) is 7.34. The Morgan fingerprint density at radius 1 is 0.631 bits per heavy atom. The number of aromatic hydroxyl groups is 1. The quantitative estimate of drug-likeness (QED) is 0.0236. The second-order valence-electron chi connectivity index (χ2n) is 11.2. The second-order valence-corrected chi connectivity index (χ2v) is 17.0. The first kappa shape index (κ1) is 65.5. The van der Waals surface area contributed by atoms with Gasteiger partial charge in [-0.05, 0) is 65.5 Å². The van der Waals surface area contributed by atoms with E-state index >= 15 is 0 Å². The van der Waals surface area contributed by atoms with E-state index in [1.807, 2.05) is 0 Å². The molecular formula is C29H17N8Na5O18S5. The van der Waals surface area contributed by atoms with Gasteiger partial charge >= 0.3 is 158 Å². The van der Waals surface area contributed by atoms with Gasteiger partial charge in [-0.3, -0.25) is 18.5 Å². The molecule has 0 aromatic heterocycles. The molecule has 0 bridgehead atoms. The molecule has 0 radical (unpaired) electrons. The third-order valence-corrected chi connectivity index (χ3v) is 10.8. The van der Waals surface area contributed by atoms with Crippen molar-refractivity contribution in [3.8, 4) is 5.75 Å². The number of aryl methyl sites for hydroxylation is 1. The molecule has 0 aliphatic rings. The summed E-state index contributed by atoms with van der Waals surface area (Å²) in [4.78, 5) is 5.96. The van der Waals surface area contributed by atoms with Crippen LogP contribution in [0.4, 0.5) is 45.5 Å². The van der Waals surface area contributed by atoms with Gasteiger partial charge in [0.25, 0.3) is 5.69 Å². The molecule has 65 heavy (non-hydrogen) atoms. The molecule has 5 aromatic carbocycles. The van der Waals surface area contributed by atoms with Gasteiger partial charge in [0.15, 0.2) is 11.4 Å². The molecule has 26 nitrogen and oxygen atoms in total. The number of azo groups is 3. The van der Waals surface area contributed by atoms with Crippen molar-refractivity contribution in [2.24, 2.45) is 30.7 Å². The molecule has 0 aliphatic carbocycles. The van der Waals surface area contributed by atoms with Crippen LogP contribution in [-0.4, -0.2) is 74.5 Å². The van der Waals surface area contributed by atoms with Gasteiger partial charge < -0.3 is 29.1 Å². The Morgan fingerprint density at radius 3 is 1.65 bits per heavy atom. The maximum absolute atomic E-state index is 12.4. The van der Waals surface area contributed by atoms with Crippen molar-refractivity contribution in [3.63, 3.8) is 0 Å². The van der Waals surface area contributed by atoms with Crippen molar-refractivity contribution in [1.82, 2.24) is 0 Å². The predicted octanol–water partition coefficient (Wildman–Crippen LogP) is -11.0. The van der Waals surface area contributed by atoms with Gasteiger partial charge in [-0.2, -0.15) is 33.5 Å². The van der Waals surface area contributed by atoms with E-state index in [1.165, 1.54) is 37.3 Å². The van der Waals surface area contributed by atoms with E-state index in [9.17, 15) is 67.1 Å². The summed E-state index contributed by atoms with van der Waals surface area (Å²) < 4.78 is 168. The number of nitro benzene ring substituents is 1. The minimum absolute atomic E-state index is 0. The van der Waals surface area contributed by atoms with Crippen LogP contribution in [-0.2, 0) is 51.1 Å². The Morgan fingerprint density at radius 2 is 1.14 bits per heavy atom. The molecule has 5 rings (SSSR count). The summed E-state index contributed by atoms with van der Waals surface area (Å²) in [5.41, 5.74) is 1.99. The molecule has 3 N–H and O–H groups in total. The number of nitrogens with two attached hydrogens (primary N) is 1. The van der Waals surface area contributed by atoms with Crippen LogP contribution in [0, 0.1) is 23.1 Å². The van der Waals surface area contributed by atoms with Crippen LogP contribution in [0.15, 0.2) is 117 Å². The van der Waals surface area contributed by atoms with E-state index in [0.717, 1.165) is 6.07 Å². The third kappa shape index (κ3) is 17.4. The number of phenols is 1. The largest absolute Gasteiger partial charge is 1.00 e. The number of hydrogen-bond acceptors (Lipinski definition) is 25. The Labute approximate surface area is 479 Å². The van der Waals surface area contributed by atoms with E-state index in [0.29, 0.717) is 35.9 Å². The van der Waals surface area contributed by atoms with E-state index < -0.39 is 121 Å². The van der Waals surface area contributed by atoms with Crippen LogP contribution < -0.4 is 154 Å². The van der Waals surface area contributed by atoms with Gasteiger partial charge in [-0.25, -0.2) is 25.3 Å². The number of nitrogens with zero attached hydrogens (tertiary/aromatic N) is 7. The topological polar surface area (TPSA) is 444 Å². The fourth-order valence-corrected chi connectivity index (χ4v) is 7.19. The van der Waals surface area contributed by atoms with Crippen molar-refractivity contribution in [2.45, 2.75) is 26.5 Å². The summed E-state index contributed by atoms with van der Waals surface area (Å²) in [5.74, 6) is -1.38. The number of fused-ring (bicyclic) bond motifs is 1. The van der Waals surface area contributed by atoms with Crippen LogP contribution in [0.2, 0.25) is 0 Å². The zero-order chi connectivity index (χ0) is 45.1. The summed E-state index contributed by atoms with van der Waals surface area (Å²) in [6.07, 6.45) is 0. The molecule has 0 amide bonds. The minimum Gasteiger partial charge on any atom is -0.754 e. The Bertz CT molecular complexity index is 3310. The van der Waals surface area contributed by atoms with Gasteiger partial charge in [0.1, 0.15) is 41.7 Å². The number of rotatable bonds is 11. The number of nitrogen functional groups attached to an aromatic ring is 1. The van der Waals surface area contributed by atoms with Crippen molar-refractivity contribution in [2.75, 3.05) is 5.73 Å². The van der Waals surface area contributed by atoms with Crippen LogP contribution in [0.1, 0.15) is 5.56 Å². The predicted molar refractivity (Wildman–Crippen MR) is 194 cm³/mol. The molecule has 0 atom stereocenters. The zero-order valence-corrected chi connectivity index (χ0v) is 48.1. The number of nitro groups is 1. The first-order valence-electron chi connectivity index (χ1n) is 15.0. The molecule has 316 valence electrons. The van der Waals surface area contributed by atoms with E-state index in [-0.39, 0.29) is 165 Å². The van der Waals surface area contributed by atoms with Gasteiger partial charge in [-0.15, -0.1) is 34.0 Å². The summed E-state index contributed by atoms with van der Waals surface area (Å²) in [7, 11) is -24.5. The van der Waals surface area contributed by atoms with Crippen LogP contribution in [0.5, 0.6) is 5.75 Å². The van der Waals surface area contributed by atoms with Gasteiger partial charge in [0.2, 0.25) is 0 Å². The first-order chi connectivity index (χ1) is 27.6. The van der Waals surface area contributed by atoms with Crippen LogP contribution in [0.3, 0.4) is 0 Å². The van der Waals surface area contributed by atoms with E-state index in [2.05, 4.69) is 36.8 Å². The second kappa shape index (κ2) is 26.4. The number of hydrogen-bond donors (Lipinski definition) is 2. The molecular weight excluding hydrogens is 1020 g/mol. The minimum atomic E-state index is -5.73. The Hall–Kier alpha value is -1.58. The molecule has 0 saturated heterocycles. The SMILES string of the molecule is Cc1cc(N=Nc2cc(S(=O)(=O)[O-])c3cc(S(=O)(=O)[O-])c(N=Nc4ccc(S(=O)(=O)[O-])cc4[N+](=O)[O-])c(O)c3c2N)ccc1N=Nc1cc[c-]cc1S(=O)(=O)[O-].O=S(=O)=O.[Na+].[Na+].[Na+].[Na+].[Na+]. The fraction of sp³-hybridized carbons (Fsp3) is 0.0345. The van der Waals surface area contributed by atoms with Gasteiger partial charge in [-0.1, -0.05) is 0 Å². The first-order valence-corrected chi connectivity index (χ1v) is 21.6. The molecule has 0 heterocycles. The summed E-state index contributed by atoms with van der Waals surface area (Å²) >= 11 is 0. The maximum atomic E-state index is 12.4.